The number of aromatic nitrogens is 2. The lowest BCUT2D eigenvalue weighted by atomic mass is 9.91. The highest BCUT2D eigenvalue weighted by Gasteiger charge is 2.32. The molecule has 1 aromatic heterocycles. The van der Waals surface area contributed by atoms with Gasteiger partial charge in [-0.2, -0.15) is 5.10 Å². The lowest BCUT2D eigenvalue weighted by Crippen LogP contribution is -2.55. The van der Waals surface area contributed by atoms with Crippen molar-refractivity contribution in [2.24, 2.45) is 5.92 Å². The average molecular weight is 334 g/mol. The zero-order chi connectivity index (χ0) is 17.7. The van der Waals surface area contributed by atoms with Gasteiger partial charge in [0.15, 0.2) is 0 Å². The Morgan fingerprint density at radius 2 is 2.12 bits per heavy atom. The van der Waals surface area contributed by atoms with E-state index in [1.54, 1.807) is 10.9 Å². The molecule has 1 aliphatic rings. The molecule has 1 atom stereocenters. The van der Waals surface area contributed by atoms with E-state index in [0.717, 1.165) is 19.0 Å². The first-order valence-corrected chi connectivity index (χ1v) is 8.97. The summed E-state index contributed by atoms with van der Waals surface area (Å²) in [5, 5.41) is 6.86. The van der Waals surface area contributed by atoms with E-state index in [4.69, 9.17) is 0 Å². The van der Waals surface area contributed by atoms with E-state index in [1.807, 2.05) is 6.92 Å². The summed E-state index contributed by atoms with van der Waals surface area (Å²) < 4.78 is 1.64. The van der Waals surface area contributed by atoms with Crippen LogP contribution in [0.5, 0.6) is 0 Å². The summed E-state index contributed by atoms with van der Waals surface area (Å²) in [5.74, 6) is -0.339. The second-order valence-corrected chi connectivity index (χ2v) is 7.27. The maximum Gasteiger partial charge on any atom is 0.292 e. The van der Waals surface area contributed by atoms with E-state index < -0.39 is 11.7 Å². The van der Waals surface area contributed by atoms with Crippen LogP contribution in [-0.4, -0.2) is 51.5 Å². The van der Waals surface area contributed by atoms with Crippen LogP contribution in [0.1, 0.15) is 57.3 Å². The van der Waals surface area contributed by atoms with E-state index >= 15 is 0 Å². The number of rotatable bonds is 7. The molecular formula is C18H30N4O2. The molecule has 0 bridgehead atoms. The molecule has 24 heavy (non-hydrogen) atoms. The molecule has 1 fully saturated rings. The van der Waals surface area contributed by atoms with Crippen molar-refractivity contribution in [2.75, 3.05) is 19.6 Å². The predicted molar refractivity (Wildman–Crippen MR) is 93.9 cm³/mol. The van der Waals surface area contributed by atoms with Gasteiger partial charge in [-0.05, 0) is 46.1 Å². The van der Waals surface area contributed by atoms with Crippen LogP contribution >= 0.6 is 0 Å². The number of carbonyl (C=O) groups is 2. The van der Waals surface area contributed by atoms with Gasteiger partial charge < -0.3 is 5.32 Å². The van der Waals surface area contributed by atoms with Crippen LogP contribution in [0, 0.1) is 5.92 Å². The average Bonchev–Trinajstić information content (AvgIpc) is 3.08. The van der Waals surface area contributed by atoms with Crippen molar-refractivity contribution in [1.29, 1.82) is 0 Å². The number of ketones is 1. The predicted octanol–water partition coefficient (Wildman–Crippen LogP) is 2.10. The summed E-state index contributed by atoms with van der Waals surface area (Å²) in [6.07, 6.45) is 6.75. The smallest absolute Gasteiger partial charge is 0.292 e. The van der Waals surface area contributed by atoms with Crippen molar-refractivity contribution >= 4 is 11.7 Å². The second kappa shape index (κ2) is 7.92. The minimum atomic E-state index is -0.553. The van der Waals surface area contributed by atoms with Crippen molar-refractivity contribution in [1.82, 2.24) is 20.0 Å². The third-order valence-corrected chi connectivity index (χ3v) is 5.06. The Morgan fingerprint density at radius 3 is 2.75 bits per heavy atom. The lowest BCUT2D eigenvalue weighted by Gasteiger charge is -2.43. The molecule has 1 saturated heterocycles. The van der Waals surface area contributed by atoms with Gasteiger partial charge in [-0.1, -0.05) is 13.3 Å². The molecule has 0 saturated carbocycles. The van der Waals surface area contributed by atoms with Crippen LogP contribution in [0.4, 0.5) is 0 Å². The molecule has 1 aliphatic heterocycles. The number of hydrogen-bond acceptors (Lipinski definition) is 4. The van der Waals surface area contributed by atoms with Crippen molar-refractivity contribution in [3.63, 3.8) is 0 Å². The number of hydrogen-bond donors (Lipinski definition) is 1. The van der Waals surface area contributed by atoms with Crippen LogP contribution in [0.25, 0.3) is 0 Å². The maximum atomic E-state index is 12.2. The standard InChI is InChI=1S/C18H30N4O2/c1-5-14-8-7-9-21(11-14)18(3,4)13-19-17(24)16(23)15-10-20-22(6-2)12-15/h10,12,14H,5-9,11,13H2,1-4H3,(H,19,24). The fraction of sp³-hybridized carbons (Fsp3) is 0.722. The Bertz CT molecular complexity index is 579. The molecule has 0 radical (unpaired) electrons. The van der Waals surface area contributed by atoms with E-state index in [1.165, 1.54) is 25.5 Å². The number of nitrogens with zero attached hydrogens (tertiary/aromatic N) is 3. The first-order chi connectivity index (χ1) is 11.4. The van der Waals surface area contributed by atoms with Gasteiger partial charge in [0, 0.05) is 31.4 Å². The summed E-state index contributed by atoms with van der Waals surface area (Å²) in [6, 6.07) is 0. The topological polar surface area (TPSA) is 67.2 Å². The van der Waals surface area contributed by atoms with Gasteiger partial charge in [-0.15, -0.1) is 0 Å². The molecule has 6 heteroatoms. The molecule has 6 nitrogen and oxygen atoms in total. The molecule has 1 amide bonds. The van der Waals surface area contributed by atoms with Crippen LogP contribution in [0.3, 0.4) is 0 Å². The van der Waals surface area contributed by atoms with E-state index in [9.17, 15) is 9.59 Å². The Labute approximate surface area is 144 Å². The molecule has 0 aromatic carbocycles. The highest BCUT2D eigenvalue weighted by atomic mass is 16.2. The van der Waals surface area contributed by atoms with Crippen LogP contribution in [0.2, 0.25) is 0 Å². The van der Waals surface area contributed by atoms with E-state index in [0.29, 0.717) is 18.7 Å². The Morgan fingerprint density at radius 1 is 1.38 bits per heavy atom. The molecule has 1 unspecified atom stereocenters. The Hall–Kier alpha value is -1.69. The summed E-state index contributed by atoms with van der Waals surface area (Å²) >= 11 is 0. The number of aryl methyl sites for hydroxylation is 1. The van der Waals surface area contributed by atoms with E-state index in [-0.39, 0.29) is 5.54 Å². The molecule has 2 heterocycles. The number of likely N-dealkylation sites (tertiary alicyclic amines) is 1. The number of Topliss-reactive ketones (excluding diaryl/α,β-unsaturated/α-hetero) is 1. The maximum absolute atomic E-state index is 12.2. The zero-order valence-corrected chi connectivity index (χ0v) is 15.3. The minimum absolute atomic E-state index is 0.155. The molecule has 1 N–H and O–H groups in total. The normalized spacial score (nSPS) is 19.2. The highest BCUT2D eigenvalue weighted by Crippen LogP contribution is 2.25. The minimum Gasteiger partial charge on any atom is -0.347 e. The van der Waals surface area contributed by atoms with Crippen molar-refractivity contribution in [2.45, 2.75) is 59.0 Å². The van der Waals surface area contributed by atoms with Gasteiger partial charge in [0.2, 0.25) is 0 Å². The van der Waals surface area contributed by atoms with Crippen LogP contribution < -0.4 is 5.32 Å². The quantitative estimate of drug-likeness (QED) is 0.612. The summed E-state index contributed by atoms with van der Waals surface area (Å²) in [6.45, 7) is 11.7. The van der Waals surface area contributed by atoms with Gasteiger partial charge in [-0.25, -0.2) is 0 Å². The number of amides is 1. The van der Waals surface area contributed by atoms with Gasteiger partial charge in [0.1, 0.15) is 0 Å². The molecule has 2 rings (SSSR count). The molecule has 134 valence electrons. The Kier molecular flexibility index (Phi) is 6.15. The third kappa shape index (κ3) is 4.44. The third-order valence-electron chi connectivity index (χ3n) is 5.06. The number of carbonyl (C=O) groups excluding carboxylic acids is 2. The van der Waals surface area contributed by atoms with Crippen molar-refractivity contribution in [3.05, 3.63) is 18.0 Å². The second-order valence-electron chi connectivity index (χ2n) is 7.27. The molecule has 0 spiro atoms. The zero-order valence-electron chi connectivity index (χ0n) is 15.3. The monoisotopic (exact) mass is 334 g/mol. The van der Waals surface area contributed by atoms with Crippen molar-refractivity contribution < 1.29 is 9.59 Å². The number of piperidine rings is 1. The van der Waals surface area contributed by atoms with E-state index in [2.05, 4.69) is 36.1 Å². The molecular weight excluding hydrogens is 304 g/mol. The summed E-state index contributed by atoms with van der Waals surface area (Å²) in [7, 11) is 0. The Balaban J connectivity index is 1.90. The van der Waals surface area contributed by atoms with Gasteiger partial charge in [0.25, 0.3) is 11.7 Å². The molecule has 1 aromatic rings. The lowest BCUT2D eigenvalue weighted by molar-refractivity contribution is -0.117. The highest BCUT2D eigenvalue weighted by molar-refractivity contribution is 6.42. The first kappa shape index (κ1) is 18.6. The molecule has 0 aliphatic carbocycles. The van der Waals surface area contributed by atoms with Gasteiger partial charge in [0.05, 0.1) is 11.8 Å². The van der Waals surface area contributed by atoms with Gasteiger partial charge in [-0.3, -0.25) is 19.2 Å². The summed E-state index contributed by atoms with van der Waals surface area (Å²) in [5.41, 5.74) is 0.188. The summed E-state index contributed by atoms with van der Waals surface area (Å²) in [4.78, 5) is 26.8. The van der Waals surface area contributed by atoms with Crippen LogP contribution in [-0.2, 0) is 11.3 Å². The fourth-order valence-corrected chi connectivity index (χ4v) is 3.22. The SMILES string of the molecule is CCC1CCCN(C(C)(C)CNC(=O)C(=O)c2cnn(CC)c2)C1. The fourth-order valence-electron chi connectivity index (χ4n) is 3.22. The van der Waals surface area contributed by atoms with Gasteiger partial charge >= 0.3 is 0 Å². The largest absolute Gasteiger partial charge is 0.347 e. The number of nitrogens with one attached hydrogen (secondary N) is 1. The first-order valence-electron chi connectivity index (χ1n) is 8.97. The van der Waals surface area contributed by atoms with Crippen molar-refractivity contribution in [3.8, 4) is 0 Å². The van der Waals surface area contributed by atoms with Crippen LogP contribution in [0.15, 0.2) is 12.4 Å².